The molecule has 7 heteroatoms. The first kappa shape index (κ1) is 16.6. The van der Waals surface area contributed by atoms with E-state index in [-0.39, 0.29) is 5.91 Å². The lowest BCUT2D eigenvalue weighted by atomic mass is 10.2. The van der Waals surface area contributed by atoms with Gasteiger partial charge in [-0.3, -0.25) is 9.36 Å². The molecule has 0 radical (unpaired) electrons. The van der Waals surface area contributed by atoms with Gasteiger partial charge in [-0.25, -0.2) is 15.0 Å². The Bertz CT molecular complexity index is 862. The molecule has 25 heavy (non-hydrogen) atoms. The molecular weight excluding hydrogens is 318 g/mol. The molecule has 7 nitrogen and oxygen atoms in total. The number of carbonyl (C=O) groups is 1. The quantitative estimate of drug-likeness (QED) is 0.746. The fourth-order valence-electron chi connectivity index (χ4n) is 2.34. The van der Waals surface area contributed by atoms with Crippen molar-refractivity contribution < 1.29 is 9.53 Å². The van der Waals surface area contributed by atoms with Crippen LogP contribution in [0.1, 0.15) is 28.5 Å². The normalized spacial score (nSPS) is 10.5. The van der Waals surface area contributed by atoms with Crippen molar-refractivity contribution in [3.8, 4) is 11.7 Å². The third-order valence-corrected chi connectivity index (χ3v) is 3.56. The van der Waals surface area contributed by atoms with Gasteiger partial charge >= 0.3 is 0 Å². The van der Waals surface area contributed by atoms with Crippen molar-refractivity contribution in [2.75, 3.05) is 6.61 Å². The summed E-state index contributed by atoms with van der Waals surface area (Å²) in [5, 5.41) is 2.89. The van der Waals surface area contributed by atoms with Crippen LogP contribution < -0.4 is 10.1 Å². The largest absolute Gasteiger partial charge is 0.477 e. The summed E-state index contributed by atoms with van der Waals surface area (Å²) >= 11 is 0. The molecule has 3 aromatic heterocycles. The highest BCUT2D eigenvalue weighted by atomic mass is 16.5. The lowest BCUT2D eigenvalue weighted by Gasteiger charge is -2.11. The van der Waals surface area contributed by atoms with E-state index in [2.05, 4.69) is 20.3 Å². The monoisotopic (exact) mass is 337 g/mol. The van der Waals surface area contributed by atoms with Crippen molar-refractivity contribution in [2.45, 2.75) is 20.4 Å². The summed E-state index contributed by atoms with van der Waals surface area (Å²) in [7, 11) is 0. The number of hydrogen-bond acceptors (Lipinski definition) is 5. The highest BCUT2D eigenvalue weighted by Crippen LogP contribution is 2.16. The lowest BCUT2D eigenvalue weighted by Crippen LogP contribution is -2.24. The van der Waals surface area contributed by atoms with Gasteiger partial charge in [-0.2, -0.15) is 0 Å². The van der Waals surface area contributed by atoms with Crippen LogP contribution in [0.15, 0.2) is 49.2 Å². The van der Waals surface area contributed by atoms with E-state index >= 15 is 0 Å². The molecule has 0 aliphatic rings. The Kier molecular flexibility index (Phi) is 5.03. The maximum absolute atomic E-state index is 12.5. The minimum absolute atomic E-state index is 0.225. The van der Waals surface area contributed by atoms with Crippen LogP contribution in [0.2, 0.25) is 0 Å². The number of hydrogen-bond donors (Lipinski definition) is 1. The fraction of sp³-hybridized carbons (Fsp3) is 0.222. The van der Waals surface area contributed by atoms with Crippen molar-refractivity contribution in [1.82, 2.24) is 24.8 Å². The molecule has 0 fully saturated rings. The first-order chi connectivity index (χ1) is 12.2. The molecule has 0 saturated heterocycles. The van der Waals surface area contributed by atoms with Crippen molar-refractivity contribution in [3.63, 3.8) is 0 Å². The smallest absolute Gasteiger partial charge is 0.257 e. The lowest BCUT2D eigenvalue weighted by molar-refractivity contribution is 0.0946. The Labute approximate surface area is 145 Å². The molecule has 3 heterocycles. The molecule has 0 spiro atoms. The van der Waals surface area contributed by atoms with E-state index in [4.69, 9.17) is 4.74 Å². The van der Waals surface area contributed by atoms with Crippen LogP contribution in [-0.4, -0.2) is 32.0 Å². The predicted octanol–water partition coefficient (Wildman–Crippen LogP) is 2.30. The van der Waals surface area contributed by atoms with Crippen molar-refractivity contribution >= 4 is 5.91 Å². The standard InChI is InChI=1S/C18H19N5O2/c1-3-25-18-15(5-4-13(2)22-18)17(24)21-11-14-6-7-20-16(10-14)23-9-8-19-12-23/h4-10,12H,3,11H2,1-2H3,(H,21,24). The number of amides is 1. The summed E-state index contributed by atoms with van der Waals surface area (Å²) < 4.78 is 7.27. The summed E-state index contributed by atoms with van der Waals surface area (Å²) in [6.07, 6.45) is 6.89. The molecule has 1 amide bonds. The average molecular weight is 337 g/mol. The van der Waals surface area contributed by atoms with Gasteiger partial charge in [-0.1, -0.05) is 0 Å². The van der Waals surface area contributed by atoms with Gasteiger partial charge in [-0.15, -0.1) is 0 Å². The summed E-state index contributed by atoms with van der Waals surface area (Å²) in [5.74, 6) is 0.877. The van der Waals surface area contributed by atoms with Crippen molar-refractivity contribution in [2.24, 2.45) is 0 Å². The minimum Gasteiger partial charge on any atom is -0.477 e. The van der Waals surface area contributed by atoms with E-state index in [0.29, 0.717) is 24.6 Å². The fourth-order valence-corrected chi connectivity index (χ4v) is 2.34. The van der Waals surface area contributed by atoms with E-state index in [9.17, 15) is 4.79 Å². The topological polar surface area (TPSA) is 81.9 Å². The summed E-state index contributed by atoms with van der Waals surface area (Å²) in [4.78, 5) is 25.1. The molecule has 0 atom stereocenters. The van der Waals surface area contributed by atoms with Gasteiger partial charge < -0.3 is 10.1 Å². The van der Waals surface area contributed by atoms with Gasteiger partial charge in [0.15, 0.2) is 0 Å². The zero-order valence-corrected chi connectivity index (χ0v) is 14.1. The molecule has 0 saturated carbocycles. The highest BCUT2D eigenvalue weighted by Gasteiger charge is 2.14. The Morgan fingerprint density at radius 1 is 1.28 bits per heavy atom. The second-order valence-corrected chi connectivity index (χ2v) is 5.41. The number of imidazole rings is 1. The van der Waals surface area contributed by atoms with E-state index in [0.717, 1.165) is 17.1 Å². The minimum atomic E-state index is -0.225. The maximum Gasteiger partial charge on any atom is 0.257 e. The molecular formula is C18H19N5O2. The Morgan fingerprint density at radius 2 is 2.16 bits per heavy atom. The third kappa shape index (κ3) is 4.00. The van der Waals surface area contributed by atoms with Gasteiger partial charge in [0.2, 0.25) is 5.88 Å². The molecule has 0 aromatic carbocycles. The van der Waals surface area contributed by atoms with Crippen LogP contribution in [0.4, 0.5) is 0 Å². The van der Waals surface area contributed by atoms with Crippen LogP contribution in [0, 0.1) is 6.92 Å². The summed E-state index contributed by atoms with van der Waals surface area (Å²) in [5.41, 5.74) is 2.17. The Balaban J connectivity index is 1.72. The first-order valence-corrected chi connectivity index (χ1v) is 7.99. The van der Waals surface area contributed by atoms with Gasteiger partial charge in [0.1, 0.15) is 17.7 Å². The van der Waals surface area contributed by atoms with Crippen LogP contribution >= 0.6 is 0 Å². The van der Waals surface area contributed by atoms with Gasteiger partial charge in [0.05, 0.1) is 6.61 Å². The molecule has 0 bridgehead atoms. The van der Waals surface area contributed by atoms with E-state index in [1.165, 1.54) is 0 Å². The number of rotatable bonds is 6. The van der Waals surface area contributed by atoms with E-state index in [1.54, 1.807) is 30.9 Å². The number of aryl methyl sites for hydroxylation is 1. The van der Waals surface area contributed by atoms with Gasteiger partial charge in [0.25, 0.3) is 5.91 Å². The Morgan fingerprint density at radius 3 is 2.92 bits per heavy atom. The van der Waals surface area contributed by atoms with E-state index in [1.807, 2.05) is 36.7 Å². The number of aromatic nitrogens is 4. The van der Waals surface area contributed by atoms with Crippen molar-refractivity contribution in [3.05, 3.63) is 66.0 Å². The van der Waals surface area contributed by atoms with E-state index < -0.39 is 0 Å². The molecule has 1 N–H and O–H groups in total. The average Bonchev–Trinajstić information content (AvgIpc) is 3.15. The number of carbonyl (C=O) groups excluding carboxylic acids is 1. The molecule has 0 aliphatic heterocycles. The number of ether oxygens (including phenoxy) is 1. The van der Waals surface area contributed by atoms with Crippen LogP contribution in [0.5, 0.6) is 5.88 Å². The molecule has 0 aliphatic carbocycles. The number of nitrogens with zero attached hydrogens (tertiary/aromatic N) is 4. The molecule has 0 unspecified atom stereocenters. The Hall–Kier alpha value is -3.22. The van der Waals surface area contributed by atoms with Gasteiger partial charge in [0, 0.05) is 30.8 Å². The second kappa shape index (κ2) is 7.57. The summed E-state index contributed by atoms with van der Waals surface area (Å²) in [6, 6.07) is 7.28. The maximum atomic E-state index is 12.5. The molecule has 128 valence electrons. The van der Waals surface area contributed by atoms with Crippen LogP contribution in [0.25, 0.3) is 5.82 Å². The number of pyridine rings is 2. The second-order valence-electron chi connectivity index (χ2n) is 5.41. The zero-order valence-electron chi connectivity index (χ0n) is 14.1. The SMILES string of the molecule is CCOc1nc(C)ccc1C(=O)NCc1ccnc(-n2ccnc2)c1. The molecule has 3 aromatic rings. The first-order valence-electron chi connectivity index (χ1n) is 7.99. The van der Waals surface area contributed by atoms with Crippen LogP contribution in [-0.2, 0) is 6.54 Å². The zero-order chi connectivity index (χ0) is 17.6. The van der Waals surface area contributed by atoms with Crippen molar-refractivity contribution in [1.29, 1.82) is 0 Å². The third-order valence-electron chi connectivity index (χ3n) is 3.56. The highest BCUT2D eigenvalue weighted by molar-refractivity contribution is 5.96. The van der Waals surface area contributed by atoms with Gasteiger partial charge in [-0.05, 0) is 43.7 Å². The summed E-state index contributed by atoms with van der Waals surface area (Å²) in [6.45, 7) is 4.55. The molecule has 3 rings (SSSR count). The number of nitrogens with one attached hydrogen (secondary N) is 1. The van der Waals surface area contributed by atoms with Crippen LogP contribution in [0.3, 0.4) is 0 Å². The predicted molar refractivity (Wildman–Crippen MR) is 92.7 cm³/mol.